The number of carbonyl (C=O) groups is 4. The lowest BCUT2D eigenvalue weighted by atomic mass is 9.34. The molecule has 8 nitrogen and oxygen atoms in total. The summed E-state index contributed by atoms with van der Waals surface area (Å²) in [5.74, 6) is -0.935. The molecule has 6 rings (SSSR count). The highest BCUT2D eigenvalue weighted by Gasteiger charge is 2.74. The Hall–Kier alpha value is -2.90. The van der Waals surface area contributed by atoms with Crippen molar-refractivity contribution in [2.75, 3.05) is 7.05 Å². The number of ether oxygens (including phenoxy) is 1. The maximum atomic E-state index is 13.0. The van der Waals surface area contributed by atoms with Crippen molar-refractivity contribution in [2.45, 2.75) is 77.6 Å². The van der Waals surface area contributed by atoms with E-state index in [2.05, 4.69) is 26.1 Å². The summed E-state index contributed by atoms with van der Waals surface area (Å²) in [4.78, 5) is 52.4. The highest BCUT2D eigenvalue weighted by atomic mass is 16.6. The summed E-state index contributed by atoms with van der Waals surface area (Å²) in [6.07, 6.45) is 3.04. The number of piperidine rings is 1. The monoisotopic (exact) mass is 453 g/mol. The maximum Gasteiger partial charge on any atom is 0.410 e. The second kappa shape index (κ2) is 7.05. The van der Waals surface area contributed by atoms with Gasteiger partial charge in [-0.1, -0.05) is 32.9 Å². The van der Waals surface area contributed by atoms with Gasteiger partial charge in [-0.3, -0.25) is 19.7 Å². The van der Waals surface area contributed by atoms with E-state index in [0.717, 1.165) is 30.4 Å². The summed E-state index contributed by atoms with van der Waals surface area (Å²) in [7, 11) is 1.71. The Morgan fingerprint density at radius 2 is 1.91 bits per heavy atom. The molecule has 1 atom stereocenters. The number of nitrogens with zero attached hydrogens (tertiary/aromatic N) is 2. The van der Waals surface area contributed by atoms with Gasteiger partial charge in [-0.15, -0.1) is 0 Å². The van der Waals surface area contributed by atoms with E-state index in [4.69, 9.17) is 4.74 Å². The van der Waals surface area contributed by atoms with Crippen molar-refractivity contribution in [2.24, 2.45) is 10.8 Å². The molecule has 4 fully saturated rings. The first-order chi connectivity index (χ1) is 15.4. The van der Waals surface area contributed by atoms with Crippen LogP contribution in [-0.2, 0) is 27.4 Å². The number of fused-ring (bicyclic) bond motifs is 1. The normalized spacial score (nSPS) is 30.2. The Kier molecular flexibility index (Phi) is 4.68. The zero-order chi connectivity index (χ0) is 23.8. The van der Waals surface area contributed by atoms with Gasteiger partial charge in [0.2, 0.25) is 11.8 Å². The van der Waals surface area contributed by atoms with E-state index < -0.39 is 11.9 Å². The van der Waals surface area contributed by atoms with Crippen LogP contribution in [0.5, 0.6) is 0 Å². The highest BCUT2D eigenvalue weighted by Crippen LogP contribution is 2.75. The molecule has 1 unspecified atom stereocenters. The molecular formula is C25H31N3O5. The largest absolute Gasteiger partial charge is 0.443 e. The number of benzene rings is 1. The summed E-state index contributed by atoms with van der Waals surface area (Å²) in [6.45, 7) is 7.43. The zero-order valence-electron chi connectivity index (χ0n) is 19.7. The Morgan fingerprint density at radius 3 is 2.55 bits per heavy atom. The van der Waals surface area contributed by atoms with Crippen LogP contribution in [0.4, 0.5) is 4.79 Å². The molecule has 0 spiro atoms. The van der Waals surface area contributed by atoms with E-state index in [0.29, 0.717) is 30.5 Å². The molecule has 0 radical (unpaired) electrons. The molecule has 3 saturated carbocycles. The Balaban J connectivity index is 1.20. The molecule has 2 heterocycles. The fraction of sp³-hybridized carbons (Fsp3) is 0.600. The van der Waals surface area contributed by atoms with Gasteiger partial charge in [0.25, 0.3) is 5.91 Å². The standard InChI is InChI=1S/C25H31N3O5/c1-23(2,3)24-12-25(13-24,14-24)33-22(32)27(4)10-15-5-6-16-11-28(21(31)17(16)9-15)18-7-8-19(29)26-20(18)30/h5-6,9,18H,7-8,10-14H2,1-4H3,(H,26,29,30). The van der Waals surface area contributed by atoms with Gasteiger partial charge in [0.15, 0.2) is 0 Å². The molecule has 3 aliphatic carbocycles. The van der Waals surface area contributed by atoms with Gasteiger partial charge in [0.05, 0.1) is 0 Å². The third-order valence-corrected chi connectivity index (χ3v) is 8.20. The predicted molar refractivity (Wildman–Crippen MR) is 119 cm³/mol. The molecule has 8 heteroatoms. The van der Waals surface area contributed by atoms with E-state index in [-0.39, 0.29) is 35.3 Å². The van der Waals surface area contributed by atoms with Crippen LogP contribution in [0.1, 0.15) is 74.4 Å². The molecule has 33 heavy (non-hydrogen) atoms. The third-order valence-electron chi connectivity index (χ3n) is 8.20. The fourth-order valence-electron chi connectivity index (χ4n) is 5.90. The number of imide groups is 1. The van der Waals surface area contributed by atoms with E-state index in [1.165, 1.54) is 4.90 Å². The van der Waals surface area contributed by atoms with Crippen molar-refractivity contribution in [3.63, 3.8) is 0 Å². The minimum atomic E-state index is -0.631. The summed E-state index contributed by atoms with van der Waals surface area (Å²) in [5.41, 5.74) is 2.46. The first-order valence-corrected chi connectivity index (χ1v) is 11.6. The minimum absolute atomic E-state index is 0.215. The lowest BCUT2D eigenvalue weighted by Gasteiger charge is -2.73. The number of hydrogen-bond acceptors (Lipinski definition) is 5. The van der Waals surface area contributed by atoms with Crippen molar-refractivity contribution in [3.05, 3.63) is 34.9 Å². The van der Waals surface area contributed by atoms with Crippen LogP contribution in [0, 0.1) is 10.8 Å². The number of carbonyl (C=O) groups excluding carboxylic acids is 4. The van der Waals surface area contributed by atoms with Crippen LogP contribution in [0.3, 0.4) is 0 Å². The van der Waals surface area contributed by atoms with Crippen LogP contribution in [0.25, 0.3) is 0 Å². The SMILES string of the molecule is CN(Cc1ccc2c(c1)C(=O)N(C1CCC(=O)NC1=O)C2)C(=O)OC12CC(C(C)(C)C)(C1)C2. The summed E-state index contributed by atoms with van der Waals surface area (Å²) >= 11 is 0. The molecule has 2 bridgehead atoms. The van der Waals surface area contributed by atoms with Crippen LogP contribution in [0.15, 0.2) is 18.2 Å². The Morgan fingerprint density at radius 1 is 1.21 bits per heavy atom. The topological polar surface area (TPSA) is 96.0 Å². The van der Waals surface area contributed by atoms with E-state index in [1.54, 1.807) is 18.0 Å². The van der Waals surface area contributed by atoms with Gasteiger partial charge >= 0.3 is 6.09 Å². The lowest BCUT2D eigenvalue weighted by Crippen LogP contribution is -2.73. The molecule has 4 amide bonds. The van der Waals surface area contributed by atoms with Gasteiger partial charge < -0.3 is 14.5 Å². The first kappa shape index (κ1) is 21.9. The van der Waals surface area contributed by atoms with Crippen molar-refractivity contribution < 1.29 is 23.9 Å². The van der Waals surface area contributed by atoms with Crippen LogP contribution in [0.2, 0.25) is 0 Å². The second-order valence-electron chi connectivity index (χ2n) is 11.4. The van der Waals surface area contributed by atoms with Crippen LogP contribution >= 0.6 is 0 Å². The van der Waals surface area contributed by atoms with E-state index >= 15 is 0 Å². The molecule has 1 saturated heterocycles. The first-order valence-electron chi connectivity index (χ1n) is 11.6. The predicted octanol–water partition coefficient (Wildman–Crippen LogP) is 2.98. The van der Waals surface area contributed by atoms with Gasteiger partial charge in [-0.05, 0) is 53.7 Å². The summed E-state index contributed by atoms with van der Waals surface area (Å²) in [6, 6.07) is 4.94. The third kappa shape index (κ3) is 3.42. The number of amides is 4. The van der Waals surface area contributed by atoms with Crippen LogP contribution < -0.4 is 5.32 Å². The number of rotatable bonds is 4. The average Bonchev–Trinajstić information content (AvgIpc) is 2.98. The molecule has 1 aromatic carbocycles. The summed E-state index contributed by atoms with van der Waals surface area (Å²) < 4.78 is 5.86. The Labute approximate surface area is 193 Å². The maximum absolute atomic E-state index is 13.0. The van der Waals surface area contributed by atoms with E-state index in [1.807, 2.05) is 12.1 Å². The number of hydrogen-bond donors (Lipinski definition) is 1. The Bertz CT molecular complexity index is 1050. The molecule has 2 aliphatic heterocycles. The molecule has 1 aromatic rings. The van der Waals surface area contributed by atoms with Crippen LogP contribution in [-0.4, -0.2) is 52.3 Å². The van der Waals surface area contributed by atoms with Crippen molar-refractivity contribution in [3.8, 4) is 0 Å². The minimum Gasteiger partial charge on any atom is -0.443 e. The smallest absolute Gasteiger partial charge is 0.410 e. The highest BCUT2D eigenvalue weighted by molar-refractivity contribution is 6.05. The van der Waals surface area contributed by atoms with Crippen molar-refractivity contribution in [1.82, 2.24) is 15.1 Å². The number of nitrogens with one attached hydrogen (secondary N) is 1. The van der Waals surface area contributed by atoms with Gasteiger partial charge in [-0.25, -0.2) is 4.79 Å². The summed E-state index contributed by atoms with van der Waals surface area (Å²) in [5, 5.41) is 2.32. The quantitative estimate of drug-likeness (QED) is 0.707. The second-order valence-corrected chi connectivity index (χ2v) is 11.4. The average molecular weight is 454 g/mol. The molecule has 5 aliphatic rings. The van der Waals surface area contributed by atoms with Gasteiger partial charge in [-0.2, -0.15) is 0 Å². The van der Waals surface area contributed by atoms with Gasteiger partial charge in [0.1, 0.15) is 11.6 Å². The molecule has 176 valence electrons. The van der Waals surface area contributed by atoms with E-state index in [9.17, 15) is 19.2 Å². The fourth-order valence-corrected chi connectivity index (χ4v) is 5.90. The van der Waals surface area contributed by atoms with Crippen molar-refractivity contribution in [1.29, 1.82) is 0 Å². The molecule has 0 aromatic heterocycles. The zero-order valence-corrected chi connectivity index (χ0v) is 19.7. The van der Waals surface area contributed by atoms with Crippen molar-refractivity contribution >= 4 is 23.8 Å². The molecule has 1 N–H and O–H groups in total. The van der Waals surface area contributed by atoms with Gasteiger partial charge in [0, 0.05) is 32.1 Å². The molecular weight excluding hydrogens is 422 g/mol. The lowest BCUT2D eigenvalue weighted by molar-refractivity contribution is -0.299.